The third kappa shape index (κ3) is 4.60. The summed E-state index contributed by atoms with van der Waals surface area (Å²) in [6.45, 7) is 5.23. The number of Topliss-reactive ketones (excluding diaryl/α,β-unsaturated/α-hetero) is 1. The molecular formula is C15H14BrCl3O3S. The molecule has 23 heavy (non-hydrogen) atoms. The Kier molecular flexibility index (Phi) is 6.94. The van der Waals surface area contributed by atoms with E-state index in [0.717, 1.165) is 5.57 Å². The molecule has 0 aromatic heterocycles. The van der Waals surface area contributed by atoms with Gasteiger partial charge < -0.3 is 0 Å². The molecule has 0 aliphatic rings. The average molecular weight is 461 g/mol. The molecule has 0 radical (unpaired) electrons. The molecule has 0 saturated carbocycles. The number of carbonyl (C=O) groups excluding carboxylic acids is 1. The highest BCUT2D eigenvalue weighted by Gasteiger charge is 2.45. The highest BCUT2D eigenvalue weighted by atomic mass is 79.9. The van der Waals surface area contributed by atoms with Crippen molar-refractivity contribution < 1.29 is 13.2 Å². The molecule has 0 aliphatic carbocycles. The number of halogens is 4. The van der Waals surface area contributed by atoms with Crippen molar-refractivity contribution in [3.8, 4) is 0 Å². The second-order valence-electron chi connectivity index (χ2n) is 4.91. The zero-order chi connectivity index (χ0) is 18.0. The summed E-state index contributed by atoms with van der Waals surface area (Å²) in [5, 5.41) is 0. The van der Waals surface area contributed by atoms with Crippen molar-refractivity contribution in [3.63, 3.8) is 0 Å². The summed E-state index contributed by atoms with van der Waals surface area (Å²) in [6, 6.07) is 7.94. The lowest BCUT2D eigenvalue weighted by molar-refractivity contribution is 0.104. The molecule has 0 bridgehead atoms. The van der Waals surface area contributed by atoms with Crippen LogP contribution in [0.15, 0.2) is 50.9 Å². The van der Waals surface area contributed by atoms with E-state index in [-0.39, 0.29) is 10.0 Å². The van der Waals surface area contributed by atoms with Gasteiger partial charge >= 0.3 is 0 Å². The lowest BCUT2D eigenvalue weighted by Crippen LogP contribution is -2.27. The van der Waals surface area contributed by atoms with Crippen molar-refractivity contribution in [2.45, 2.75) is 23.9 Å². The van der Waals surface area contributed by atoms with Gasteiger partial charge in [0.25, 0.3) is 3.12 Å². The number of rotatable bonds is 4. The minimum Gasteiger partial charge on any atom is -0.288 e. The lowest BCUT2D eigenvalue weighted by atomic mass is 10.1. The van der Waals surface area contributed by atoms with Crippen molar-refractivity contribution in [1.82, 2.24) is 0 Å². The smallest absolute Gasteiger partial charge is 0.288 e. The maximum atomic E-state index is 12.7. The van der Waals surface area contributed by atoms with Gasteiger partial charge in [0.05, 0.1) is 0 Å². The monoisotopic (exact) mass is 458 g/mol. The molecule has 0 fully saturated rings. The topological polar surface area (TPSA) is 51.2 Å². The molecule has 0 atom stereocenters. The van der Waals surface area contributed by atoms with Crippen LogP contribution in [0.5, 0.6) is 0 Å². The number of ketones is 1. The van der Waals surface area contributed by atoms with Crippen molar-refractivity contribution in [2.24, 2.45) is 0 Å². The van der Waals surface area contributed by atoms with E-state index >= 15 is 0 Å². The number of alkyl halides is 3. The van der Waals surface area contributed by atoms with Gasteiger partial charge in [0, 0.05) is 10.0 Å². The molecule has 1 aromatic carbocycles. The third-order valence-corrected chi connectivity index (χ3v) is 7.71. The number of hydrogen-bond acceptors (Lipinski definition) is 3. The SMILES string of the molecule is CC(C)=C(C)/C(Br)=C(/C(=O)c1ccccc1)S(=O)(=O)C(Cl)(Cl)Cl. The molecule has 0 unspecified atom stereocenters. The normalized spacial score (nSPS) is 13.3. The van der Waals surface area contributed by atoms with E-state index in [2.05, 4.69) is 15.9 Å². The molecule has 1 aromatic rings. The molecule has 0 amide bonds. The minimum absolute atomic E-state index is 0.0812. The van der Waals surface area contributed by atoms with Gasteiger partial charge in [-0.2, -0.15) is 0 Å². The van der Waals surface area contributed by atoms with Crippen LogP contribution >= 0.6 is 50.7 Å². The van der Waals surface area contributed by atoms with Crippen LogP contribution in [0, 0.1) is 0 Å². The Morgan fingerprint density at radius 2 is 1.52 bits per heavy atom. The summed E-state index contributed by atoms with van der Waals surface area (Å²) in [6.07, 6.45) is 0. The van der Waals surface area contributed by atoms with E-state index in [4.69, 9.17) is 34.8 Å². The molecule has 8 heteroatoms. The van der Waals surface area contributed by atoms with Gasteiger partial charge in [0.15, 0.2) is 0 Å². The first-order valence-corrected chi connectivity index (χ1v) is 9.77. The molecular weight excluding hydrogens is 446 g/mol. The Morgan fingerprint density at radius 1 is 1.04 bits per heavy atom. The molecule has 1 rings (SSSR count). The van der Waals surface area contributed by atoms with Crippen LogP contribution < -0.4 is 0 Å². The predicted molar refractivity (Wildman–Crippen MR) is 100.0 cm³/mol. The van der Waals surface area contributed by atoms with Gasteiger partial charge in [-0.05, 0) is 42.3 Å². The zero-order valence-electron chi connectivity index (χ0n) is 12.5. The highest BCUT2D eigenvalue weighted by molar-refractivity contribution is 9.12. The molecule has 0 aliphatic heterocycles. The van der Waals surface area contributed by atoms with Gasteiger partial charge in [-0.15, -0.1) is 0 Å². The van der Waals surface area contributed by atoms with Crippen molar-refractivity contribution in [2.75, 3.05) is 0 Å². The van der Waals surface area contributed by atoms with Gasteiger partial charge in [-0.25, -0.2) is 8.42 Å². The standard InChI is InChI=1S/C15H14BrCl3O3S/c1-9(2)10(3)12(16)14(23(21,22)15(17,18)19)13(20)11-7-5-4-6-8-11/h4-8H,1-3H3/b14-12+. The second kappa shape index (κ2) is 7.70. The van der Waals surface area contributed by atoms with E-state index in [1.807, 2.05) is 0 Å². The predicted octanol–water partition coefficient (Wildman–Crippen LogP) is 5.57. The van der Waals surface area contributed by atoms with E-state index in [1.165, 1.54) is 12.1 Å². The van der Waals surface area contributed by atoms with Gasteiger partial charge in [0.2, 0.25) is 15.6 Å². The largest absolute Gasteiger partial charge is 0.297 e. The number of carbonyl (C=O) groups is 1. The van der Waals surface area contributed by atoms with Crippen LogP contribution in [0.3, 0.4) is 0 Å². The maximum absolute atomic E-state index is 12.7. The molecule has 0 N–H and O–H groups in total. The first kappa shape index (κ1) is 20.7. The Morgan fingerprint density at radius 3 is 1.91 bits per heavy atom. The molecule has 0 spiro atoms. The molecule has 0 saturated heterocycles. The lowest BCUT2D eigenvalue weighted by Gasteiger charge is -2.17. The summed E-state index contributed by atoms with van der Waals surface area (Å²) < 4.78 is 22.6. The Bertz CT molecular complexity index is 772. The van der Waals surface area contributed by atoms with Crippen molar-refractivity contribution in [3.05, 3.63) is 56.4 Å². The van der Waals surface area contributed by atoms with E-state index < -0.39 is 23.7 Å². The van der Waals surface area contributed by atoms with E-state index in [0.29, 0.717) is 5.57 Å². The first-order chi connectivity index (χ1) is 10.4. The van der Waals surface area contributed by atoms with E-state index in [9.17, 15) is 13.2 Å². The fourth-order valence-electron chi connectivity index (χ4n) is 1.57. The number of sulfone groups is 1. The first-order valence-electron chi connectivity index (χ1n) is 6.36. The Hall–Kier alpha value is -0.330. The summed E-state index contributed by atoms with van der Waals surface area (Å²) in [7, 11) is -4.52. The van der Waals surface area contributed by atoms with Crippen LogP contribution in [0.4, 0.5) is 0 Å². The quantitative estimate of drug-likeness (QED) is 0.255. The third-order valence-electron chi connectivity index (χ3n) is 3.09. The van der Waals surface area contributed by atoms with Crippen molar-refractivity contribution in [1.29, 1.82) is 0 Å². The van der Waals surface area contributed by atoms with Crippen LogP contribution in [0.1, 0.15) is 31.1 Å². The second-order valence-corrected chi connectivity index (χ2v) is 10.7. The number of benzene rings is 1. The number of hydrogen-bond donors (Lipinski definition) is 0. The zero-order valence-corrected chi connectivity index (χ0v) is 17.2. The fourth-order valence-corrected chi connectivity index (χ4v) is 4.46. The number of allylic oxidation sites excluding steroid dienone is 4. The highest BCUT2D eigenvalue weighted by Crippen LogP contribution is 2.41. The van der Waals surface area contributed by atoms with Crippen LogP contribution in [-0.2, 0) is 9.84 Å². The molecule has 0 heterocycles. The summed E-state index contributed by atoms with van der Waals surface area (Å²) in [4.78, 5) is 12.2. The van der Waals surface area contributed by atoms with Crippen LogP contribution in [0.2, 0.25) is 0 Å². The van der Waals surface area contributed by atoms with E-state index in [1.54, 1.807) is 39.0 Å². The summed E-state index contributed by atoms with van der Waals surface area (Å²) >= 11 is 20.0. The fraction of sp³-hybridized carbons (Fsp3) is 0.267. The molecule has 3 nitrogen and oxygen atoms in total. The van der Waals surface area contributed by atoms with Crippen molar-refractivity contribution >= 4 is 66.4 Å². The minimum atomic E-state index is -4.52. The maximum Gasteiger partial charge on any atom is 0.297 e. The summed E-state index contributed by atoms with van der Waals surface area (Å²) in [5.41, 5.74) is 1.57. The van der Waals surface area contributed by atoms with Gasteiger partial charge in [-0.3, -0.25) is 4.79 Å². The average Bonchev–Trinajstić information content (AvgIpc) is 2.45. The Balaban J connectivity index is 3.76. The van der Waals surface area contributed by atoms with Gasteiger partial charge in [-0.1, -0.05) is 70.7 Å². The van der Waals surface area contributed by atoms with Crippen LogP contribution in [-0.4, -0.2) is 17.3 Å². The Labute approximate surface area is 159 Å². The molecule has 126 valence electrons. The van der Waals surface area contributed by atoms with Gasteiger partial charge in [0.1, 0.15) is 4.91 Å². The summed E-state index contributed by atoms with van der Waals surface area (Å²) in [5.74, 6) is -0.746. The van der Waals surface area contributed by atoms with Crippen LogP contribution in [0.25, 0.3) is 0 Å².